The first kappa shape index (κ1) is 13.9. The Kier molecular flexibility index (Phi) is 3.79. The molecule has 2 N–H and O–H groups in total. The number of aryl methyl sites for hydroxylation is 1. The van der Waals surface area contributed by atoms with E-state index in [9.17, 15) is 18.0 Å². The van der Waals surface area contributed by atoms with Crippen molar-refractivity contribution >= 4 is 11.7 Å². The number of carbonyl (C=O) groups is 1. The zero-order valence-corrected chi connectivity index (χ0v) is 10.4. The molecule has 1 amide bonds. The second-order valence-electron chi connectivity index (χ2n) is 4.61. The summed E-state index contributed by atoms with van der Waals surface area (Å²) in [6, 6.07) is 1.03. The van der Waals surface area contributed by atoms with Gasteiger partial charge in [-0.2, -0.15) is 18.3 Å². The third kappa shape index (κ3) is 3.25. The van der Waals surface area contributed by atoms with Gasteiger partial charge in [0.15, 0.2) is 0 Å². The van der Waals surface area contributed by atoms with Crippen molar-refractivity contribution in [2.75, 3.05) is 11.9 Å². The van der Waals surface area contributed by atoms with Crippen molar-refractivity contribution in [3.05, 3.63) is 12.3 Å². The molecule has 2 heterocycles. The summed E-state index contributed by atoms with van der Waals surface area (Å²) in [5.74, 6) is -1.18. The predicted molar refractivity (Wildman–Crippen MR) is 62.4 cm³/mol. The topological polar surface area (TPSA) is 59.0 Å². The Hall–Kier alpha value is -1.57. The maximum Gasteiger partial charge on any atom is 0.393 e. The van der Waals surface area contributed by atoms with E-state index in [0.29, 0.717) is 5.82 Å². The normalized spacial score (nSPS) is 24.2. The number of carbonyl (C=O) groups excluding carboxylic acids is 1. The van der Waals surface area contributed by atoms with Crippen molar-refractivity contribution in [2.45, 2.75) is 25.1 Å². The summed E-state index contributed by atoms with van der Waals surface area (Å²) in [5, 5.41) is 9.17. The molecule has 106 valence electrons. The molecule has 1 aromatic heterocycles. The van der Waals surface area contributed by atoms with Gasteiger partial charge in [0.1, 0.15) is 5.82 Å². The van der Waals surface area contributed by atoms with Crippen LogP contribution in [0.2, 0.25) is 0 Å². The van der Waals surface area contributed by atoms with Gasteiger partial charge in [-0.1, -0.05) is 0 Å². The zero-order valence-electron chi connectivity index (χ0n) is 10.4. The standard InChI is InChI=1S/C11H15F3N4O/c1-18-9(4-5-16-18)17-10(19)8-3-2-7(6-15-8)11(12,13)14/h4-5,7-8,15H,2-3,6H2,1H3,(H,17,19). The Morgan fingerprint density at radius 1 is 1.53 bits per heavy atom. The average molecular weight is 276 g/mol. The smallest absolute Gasteiger partial charge is 0.310 e. The minimum atomic E-state index is -4.20. The minimum absolute atomic E-state index is 0.0278. The van der Waals surface area contributed by atoms with Crippen LogP contribution in [0.1, 0.15) is 12.8 Å². The number of anilines is 1. The molecule has 5 nitrogen and oxygen atoms in total. The number of hydrogen-bond donors (Lipinski definition) is 2. The van der Waals surface area contributed by atoms with Crippen molar-refractivity contribution in [3.63, 3.8) is 0 Å². The SMILES string of the molecule is Cn1nccc1NC(=O)C1CCC(C(F)(F)F)CN1. The molecule has 1 aliphatic heterocycles. The molecule has 2 atom stereocenters. The van der Waals surface area contributed by atoms with Crippen LogP contribution in [0.15, 0.2) is 12.3 Å². The highest BCUT2D eigenvalue weighted by atomic mass is 19.4. The van der Waals surface area contributed by atoms with Gasteiger partial charge in [-0.25, -0.2) is 0 Å². The molecular weight excluding hydrogens is 261 g/mol. The van der Waals surface area contributed by atoms with E-state index in [1.54, 1.807) is 13.1 Å². The summed E-state index contributed by atoms with van der Waals surface area (Å²) < 4.78 is 38.9. The first-order chi connectivity index (χ1) is 8.88. The molecule has 19 heavy (non-hydrogen) atoms. The van der Waals surface area contributed by atoms with E-state index in [-0.39, 0.29) is 25.3 Å². The second kappa shape index (κ2) is 5.20. The fraction of sp³-hybridized carbons (Fsp3) is 0.636. The molecular formula is C11H15F3N4O. The van der Waals surface area contributed by atoms with Gasteiger partial charge in [-0.15, -0.1) is 0 Å². The van der Waals surface area contributed by atoms with Crippen LogP contribution >= 0.6 is 0 Å². The quantitative estimate of drug-likeness (QED) is 0.855. The summed E-state index contributed by atoms with van der Waals surface area (Å²) in [7, 11) is 1.67. The van der Waals surface area contributed by atoms with Crippen molar-refractivity contribution < 1.29 is 18.0 Å². The number of aromatic nitrogens is 2. The predicted octanol–water partition coefficient (Wildman–Crippen LogP) is 1.29. The maximum atomic E-state index is 12.5. The molecule has 2 unspecified atom stereocenters. The summed E-state index contributed by atoms with van der Waals surface area (Å²) in [6.45, 7) is -0.215. The summed E-state index contributed by atoms with van der Waals surface area (Å²) in [6.07, 6.45) is -2.52. The number of nitrogens with one attached hydrogen (secondary N) is 2. The molecule has 0 radical (unpaired) electrons. The third-order valence-electron chi connectivity index (χ3n) is 3.27. The summed E-state index contributed by atoms with van der Waals surface area (Å²) >= 11 is 0. The van der Waals surface area contributed by atoms with Crippen LogP contribution in [0.3, 0.4) is 0 Å². The molecule has 2 rings (SSSR count). The van der Waals surface area contributed by atoms with Gasteiger partial charge in [-0.3, -0.25) is 9.48 Å². The number of nitrogens with zero attached hydrogens (tertiary/aromatic N) is 2. The van der Waals surface area contributed by atoms with Gasteiger partial charge in [0.05, 0.1) is 18.2 Å². The molecule has 8 heteroatoms. The van der Waals surface area contributed by atoms with Crippen molar-refractivity contribution in [1.82, 2.24) is 15.1 Å². The van der Waals surface area contributed by atoms with E-state index in [4.69, 9.17) is 0 Å². The molecule has 0 bridgehead atoms. The molecule has 0 spiro atoms. The van der Waals surface area contributed by atoms with Gasteiger partial charge >= 0.3 is 6.18 Å². The zero-order chi connectivity index (χ0) is 14.0. The van der Waals surface area contributed by atoms with Crippen molar-refractivity contribution in [3.8, 4) is 0 Å². The van der Waals surface area contributed by atoms with Gasteiger partial charge in [0, 0.05) is 19.7 Å². The lowest BCUT2D eigenvalue weighted by Crippen LogP contribution is -2.49. The fourth-order valence-corrected chi connectivity index (χ4v) is 2.07. The molecule has 0 saturated carbocycles. The lowest BCUT2D eigenvalue weighted by atomic mass is 9.94. The van der Waals surface area contributed by atoms with Crippen LogP contribution < -0.4 is 10.6 Å². The average Bonchev–Trinajstić information content (AvgIpc) is 2.74. The number of hydrogen-bond acceptors (Lipinski definition) is 3. The summed E-state index contributed by atoms with van der Waals surface area (Å²) in [4.78, 5) is 11.9. The van der Waals surface area contributed by atoms with E-state index in [1.807, 2.05) is 0 Å². The Balaban J connectivity index is 1.88. The highest BCUT2D eigenvalue weighted by molar-refractivity contribution is 5.94. The number of piperidine rings is 1. The molecule has 0 aromatic carbocycles. The van der Waals surface area contributed by atoms with Crippen LogP contribution in [0, 0.1) is 5.92 Å². The Bertz CT molecular complexity index is 449. The first-order valence-electron chi connectivity index (χ1n) is 5.97. The highest BCUT2D eigenvalue weighted by Crippen LogP contribution is 2.32. The van der Waals surface area contributed by atoms with Crippen LogP contribution in [0.5, 0.6) is 0 Å². The van der Waals surface area contributed by atoms with Crippen LogP contribution in [-0.2, 0) is 11.8 Å². The first-order valence-corrected chi connectivity index (χ1v) is 5.97. The number of amides is 1. The fourth-order valence-electron chi connectivity index (χ4n) is 2.07. The van der Waals surface area contributed by atoms with E-state index < -0.39 is 18.1 Å². The Labute approximate surface area is 108 Å². The lowest BCUT2D eigenvalue weighted by molar-refractivity contribution is -0.180. The Morgan fingerprint density at radius 2 is 2.26 bits per heavy atom. The third-order valence-corrected chi connectivity index (χ3v) is 3.27. The number of halogens is 3. The second-order valence-corrected chi connectivity index (χ2v) is 4.61. The molecule has 1 fully saturated rings. The van der Waals surface area contributed by atoms with Crippen LogP contribution in [0.25, 0.3) is 0 Å². The monoisotopic (exact) mass is 276 g/mol. The minimum Gasteiger partial charge on any atom is -0.310 e. The summed E-state index contributed by atoms with van der Waals surface area (Å²) in [5.41, 5.74) is 0. The number of alkyl halides is 3. The lowest BCUT2D eigenvalue weighted by Gasteiger charge is -2.30. The van der Waals surface area contributed by atoms with E-state index in [2.05, 4.69) is 15.7 Å². The van der Waals surface area contributed by atoms with Crippen LogP contribution in [-0.4, -0.2) is 34.5 Å². The van der Waals surface area contributed by atoms with Crippen molar-refractivity contribution in [1.29, 1.82) is 0 Å². The van der Waals surface area contributed by atoms with Gasteiger partial charge in [0.25, 0.3) is 0 Å². The van der Waals surface area contributed by atoms with E-state index in [0.717, 1.165) is 0 Å². The van der Waals surface area contributed by atoms with E-state index in [1.165, 1.54) is 10.9 Å². The maximum absolute atomic E-state index is 12.5. The van der Waals surface area contributed by atoms with Gasteiger partial charge < -0.3 is 10.6 Å². The number of rotatable bonds is 2. The van der Waals surface area contributed by atoms with Gasteiger partial charge in [-0.05, 0) is 12.8 Å². The van der Waals surface area contributed by atoms with Crippen LogP contribution in [0.4, 0.5) is 19.0 Å². The van der Waals surface area contributed by atoms with E-state index >= 15 is 0 Å². The largest absolute Gasteiger partial charge is 0.393 e. The van der Waals surface area contributed by atoms with Gasteiger partial charge in [0.2, 0.25) is 5.91 Å². The molecule has 1 aromatic rings. The van der Waals surface area contributed by atoms with Crippen molar-refractivity contribution in [2.24, 2.45) is 13.0 Å². The highest BCUT2D eigenvalue weighted by Gasteiger charge is 2.42. The Morgan fingerprint density at radius 3 is 2.74 bits per heavy atom. The molecule has 0 aliphatic carbocycles. The molecule has 1 saturated heterocycles. The molecule has 1 aliphatic rings.